The van der Waals surface area contributed by atoms with Gasteiger partial charge < -0.3 is 10.2 Å². The first-order valence-corrected chi connectivity index (χ1v) is 8.85. The number of piperazine rings is 1. The fraction of sp³-hybridized carbons (Fsp3) is 0.412. The van der Waals surface area contributed by atoms with Crippen molar-refractivity contribution in [1.82, 2.24) is 19.6 Å². The number of nitrogens with one attached hydrogen (secondary N) is 1. The highest BCUT2D eigenvalue weighted by Crippen LogP contribution is 2.18. The smallest absolute Gasteiger partial charge is 0.271 e. The number of hydrogen-bond acceptors (Lipinski definition) is 5. The summed E-state index contributed by atoms with van der Waals surface area (Å²) in [5, 5.41) is 19.0. The molecule has 1 aliphatic heterocycles. The van der Waals surface area contributed by atoms with Crippen LogP contribution in [0.3, 0.4) is 0 Å². The average Bonchev–Trinajstić information content (AvgIpc) is 2.93. The lowest BCUT2D eigenvalue weighted by molar-refractivity contribution is -0.384. The third-order valence-corrected chi connectivity index (χ3v) is 4.84. The van der Waals surface area contributed by atoms with Gasteiger partial charge in [0.05, 0.1) is 10.6 Å². The molecule has 0 unspecified atom stereocenters. The van der Waals surface area contributed by atoms with Crippen molar-refractivity contribution in [1.29, 1.82) is 0 Å². The monoisotopic (exact) mass is 374 g/mol. The van der Waals surface area contributed by atoms with E-state index < -0.39 is 4.92 Å². The zero-order valence-electron chi connectivity index (χ0n) is 14.9. The molecule has 0 spiro atoms. The van der Waals surface area contributed by atoms with E-state index in [4.69, 9.17) is 12.2 Å². The van der Waals surface area contributed by atoms with Crippen molar-refractivity contribution in [2.45, 2.75) is 13.5 Å². The van der Waals surface area contributed by atoms with E-state index in [1.54, 1.807) is 12.1 Å². The van der Waals surface area contributed by atoms with Crippen LogP contribution >= 0.6 is 12.2 Å². The Bertz CT molecular complexity index is 813. The van der Waals surface area contributed by atoms with Crippen LogP contribution in [-0.4, -0.2) is 55.8 Å². The zero-order valence-corrected chi connectivity index (χ0v) is 15.7. The Labute approximate surface area is 157 Å². The molecule has 8 nitrogen and oxygen atoms in total. The molecule has 0 atom stereocenters. The van der Waals surface area contributed by atoms with Gasteiger partial charge in [0.25, 0.3) is 5.69 Å². The predicted molar refractivity (Wildman–Crippen MR) is 104 cm³/mol. The third kappa shape index (κ3) is 4.36. The highest BCUT2D eigenvalue weighted by Gasteiger charge is 2.20. The molecule has 0 bridgehead atoms. The Morgan fingerprint density at radius 2 is 2.08 bits per heavy atom. The molecule has 9 heteroatoms. The Morgan fingerprint density at radius 1 is 1.35 bits per heavy atom. The fourth-order valence-electron chi connectivity index (χ4n) is 3.05. The van der Waals surface area contributed by atoms with Gasteiger partial charge in [0.15, 0.2) is 5.11 Å². The van der Waals surface area contributed by atoms with Crippen LogP contribution in [0.4, 0.5) is 11.4 Å². The molecule has 2 aromatic rings. The fourth-order valence-corrected chi connectivity index (χ4v) is 3.35. The number of nitrogens with zero attached hydrogens (tertiary/aromatic N) is 5. The summed E-state index contributed by atoms with van der Waals surface area (Å²) in [6.45, 7) is 6.37. The van der Waals surface area contributed by atoms with Crippen LogP contribution in [0.15, 0.2) is 30.5 Å². The molecular weight excluding hydrogens is 352 g/mol. The van der Waals surface area contributed by atoms with Gasteiger partial charge in [-0.1, -0.05) is 6.07 Å². The van der Waals surface area contributed by atoms with E-state index >= 15 is 0 Å². The Hall–Kier alpha value is -2.52. The van der Waals surface area contributed by atoms with Gasteiger partial charge in [-0.3, -0.25) is 19.7 Å². The summed E-state index contributed by atoms with van der Waals surface area (Å²) in [6.07, 6.45) is 2.07. The molecule has 0 amide bonds. The van der Waals surface area contributed by atoms with Gasteiger partial charge in [0, 0.05) is 69.4 Å². The van der Waals surface area contributed by atoms with Gasteiger partial charge in [0.1, 0.15) is 0 Å². The van der Waals surface area contributed by atoms with Crippen LogP contribution in [0.5, 0.6) is 0 Å². The topological polar surface area (TPSA) is 79.5 Å². The van der Waals surface area contributed by atoms with Gasteiger partial charge >= 0.3 is 0 Å². The second kappa shape index (κ2) is 7.79. The maximum atomic E-state index is 10.9. The summed E-state index contributed by atoms with van der Waals surface area (Å²) in [5.74, 6) is 0. The molecule has 1 N–H and O–H groups in total. The van der Waals surface area contributed by atoms with Crippen LogP contribution in [0, 0.1) is 17.0 Å². The number of aromatic nitrogens is 2. The van der Waals surface area contributed by atoms with Crippen LogP contribution < -0.4 is 5.32 Å². The van der Waals surface area contributed by atoms with Gasteiger partial charge in [-0.05, 0) is 25.2 Å². The average molecular weight is 374 g/mol. The van der Waals surface area contributed by atoms with Gasteiger partial charge in [0.2, 0.25) is 0 Å². The molecule has 0 aliphatic carbocycles. The van der Waals surface area contributed by atoms with Gasteiger partial charge in [-0.25, -0.2) is 0 Å². The van der Waals surface area contributed by atoms with E-state index in [0.29, 0.717) is 10.8 Å². The van der Waals surface area contributed by atoms with Crippen molar-refractivity contribution in [2.24, 2.45) is 7.05 Å². The van der Waals surface area contributed by atoms with E-state index in [2.05, 4.69) is 26.4 Å². The normalized spacial score (nSPS) is 15.1. The molecular formula is C17H22N6O2S. The summed E-state index contributed by atoms with van der Waals surface area (Å²) < 4.78 is 1.85. The van der Waals surface area contributed by atoms with Crippen molar-refractivity contribution in [3.8, 4) is 0 Å². The van der Waals surface area contributed by atoms with E-state index in [9.17, 15) is 10.1 Å². The molecule has 3 rings (SSSR count). The highest BCUT2D eigenvalue weighted by atomic mass is 32.1. The van der Waals surface area contributed by atoms with E-state index in [-0.39, 0.29) is 5.69 Å². The first kappa shape index (κ1) is 18.3. The molecule has 1 aromatic heterocycles. The third-order valence-electron chi connectivity index (χ3n) is 4.48. The predicted octanol–water partition coefficient (Wildman–Crippen LogP) is 2.15. The SMILES string of the molecule is Cc1nn(C)cc1CN1CCN(C(=S)Nc2cccc([N+](=O)[O-])c2)CC1. The quantitative estimate of drug-likeness (QED) is 0.499. The maximum Gasteiger partial charge on any atom is 0.271 e. The van der Waals surface area contributed by atoms with Crippen LogP contribution in [0.2, 0.25) is 0 Å². The minimum atomic E-state index is -0.409. The lowest BCUT2D eigenvalue weighted by atomic mass is 10.2. The molecule has 1 fully saturated rings. The lowest BCUT2D eigenvalue weighted by Gasteiger charge is -2.36. The second-order valence-corrected chi connectivity index (χ2v) is 6.80. The van der Waals surface area contributed by atoms with Gasteiger partial charge in [-0.2, -0.15) is 5.10 Å². The van der Waals surface area contributed by atoms with Crippen molar-refractivity contribution >= 4 is 28.7 Å². The molecule has 1 aliphatic rings. The summed E-state index contributed by atoms with van der Waals surface area (Å²) in [4.78, 5) is 14.9. The number of benzene rings is 1. The zero-order chi connectivity index (χ0) is 18.7. The van der Waals surface area contributed by atoms with Crippen LogP contribution in [-0.2, 0) is 13.6 Å². The Balaban J connectivity index is 1.53. The number of thiocarbonyl (C=S) groups is 1. The molecule has 138 valence electrons. The molecule has 0 radical (unpaired) electrons. The molecule has 2 heterocycles. The van der Waals surface area contributed by atoms with E-state index in [1.807, 2.05) is 18.7 Å². The standard InChI is InChI=1S/C17H22N6O2S/c1-13-14(11-20(2)19-13)12-21-6-8-22(9-7-21)17(26)18-15-4-3-5-16(10-15)23(24)25/h3-5,10-11H,6-9,12H2,1-2H3,(H,18,26). The van der Waals surface area contributed by atoms with Crippen molar-refractivity contribution < 1.29 is 4.92 Å². The minimum absolute atomic E-state index is 0.0504. The van der Waals surface area contributed by atoms with E-state index in [0.717, 1.165) is 38.4 Å². The molecule has 0 saturated carbocycles. The Morgan fingerprint density at radius 3 is 2.69 bits per heavy atom. The molecule has 1 aromatic carbocycles. The summed E-state index contributed by atoms with van der Waals surface area (Å²) in [5.41, 5.74) is 3.00. The Kier molecular flexibility index (Phi) is 5.48. The minimum Gasteiger partial charge on any atom is -0.346 e. The summed E-state index contributed by atoms with van der Waals surface area (Å²) in [7, 11) is 1.94. The molecule has 1 saturated heterocycles. The van der Waals surface area contributed by atoms with Crippen LogP contribution in [0.1, 0.15) is 11.3 Å². The number of rotatable bonds is 4. The molecule has 26 heavy (non-hydrogen) atoms. The number of nitro benzene ring substituents is 1. The number of anilines is 1. The second-order valence-electron chi connectivity index (χ2n) is 6.41. The first-order chi connectivity index (χ1) is 12.4. The summed E-state index contributed by atoms with van der Waals surface area (Å²) in [6, 6.07) is 6.39. The van der Waals surface area contributed by atoms with E-state index in [1.165, 1.54) is 17.7 Å². The summed E-state index contributed by atoms with van der Waals surface area (Å²) >= 11 is 5.47. The largest absolute Gasteiger partial charge is 0.346 e. The van der Waals surface area contributed by atoms with Crippen molar-refractivity contribution in [3.63, 3.8) is 0 Å². The number of nitro groups is 1. The maximum absolute atomic E-state index is 10.9. The van der Waals surface area contributed by atoms with Crippen molar-refractivity contribution in [3.05, 3.63) is 51.8 Å². The number of aryl methyl sites for hydroxylation is 2. The first-order valence-electron chi connectivity index (χ1n) is 8.44. The van der Waals surface area contributed by atoms with Crippen molar-refractivity contribution in [2.75, 3.05) is 31.5 Å². The van der Waals surface area contributed by atoms with Crippen LogP contribution in [0.25, 0.3) is 0 Å². The highest BCUT2D eigenvalue weighted by molar-refractivity contribution is 7.80. The lowest BCUT2D eigenvalue weighted by Crippen LogP contribution is -2.49. The van der Waals surface area contributed by atoms with Gasteiger partial charge in [-0.15, -0.1) is 0 Å². The number of hydrogen-bond donors (Lipinski definition) is 1. The number of non-ortho nitro benzene ring substituents is 1.